The Labute approximate surface area is 127 Å². The Morgan fingerprint density at radius 3 is 2.82 bits per heavy atom. The lowest BCUT2D eigenvalue weighted by Crippen LogP contribution is -2.23. The number of pyridine rings is 1. The molecule has 112 valence electrons. The zero-order valence-corrected chi connectivity index (χ0v) is 12.0. The SMILES string of the molecule is O=C(CCc1ccc(F)cc1)NCc1cnc2[nH]ccc2c1. The summed E-state index contributed by atoms with van der Waals surface area (Å²) in [6.07, 6.45) is 4.56. The minimum absolute atomic E-state index is 0.0292. The van der Waals surface area contributed by atoms with Crippen molar-refractivity contribution in [2.45, 2.75) is 19.4 Å². The number of hydrogen-bond donors (Lipinski definition) is 2. The van der Waals surface area contributed by atoms with Gasteiger partial charge in [0.15, 0.2) is 0 Å². The average molecular weight is 297 g/mol. The number of aryl methyl sites for hydroxylation is 1. The van der Waals surface area contributed by atoms with E-state index in [1.807, 2.05) is 18.3 Å². The second-order valence-corrected chi connectivity index (χ2v) is 5.16. The lowest BCUT2D eigenvalue weighted by Gasteiger charge is -2.05. The molecule has 2 heterocycles. The van der Waals surface area contributed by atoms with Crippen LogP contribution in [-0.4, -0.2) is 15.9 Å². The molecule has 0 saturated heterocycles. The van der Waals surface area contributed by atoms with Gasteiger partial charge in [0.05, 0.1) is 0 Å². The number of rotatable bonds is 5. The molecule has 0 bridgehead atoms. The summed E-state index contributed by atoms with van der Waals surface area (Å²) in [5.74, 6) is -0.292. The molecule has 0 unspecified atom stereocenters. The minimum Gasteiger partial charge on any atom is -0.352 e. The van der Waals surface area contributed by atoms with Gasteiger partial charge in [0.2, 0.25) is 5.91 Å². The molecule has 3 aromatic rings. The number of hydrogen-bond acceptors (Lipinski definition) is 2. The number of fused-ring (bicyclic) bond motifs is 1. The molecule has 0 saturated carbocycles. The van der Waals surface area contributed by atoms with Crippen LogP contribution < -0.4 is 5.32 Å². The van der Waals surface area contributed by atoms with Gasteiger partial charge in [0.1, 0.15) is 11.5 Å². The highest BCUT2D eigenvalue weighted by Crippen LogP contribution is 2.11. The fourth-order valence-electron chi connectivity index (χ4n) is 2.28. The largest absolute Gasteiger partial charge is 0.352 e. The van der Waals surface area contributed by atoms with E-state index in [4.69, 9.17) is 0 Å². The molecule has 5 heteroatoms. The predicted octanol–water partition coefficient (Wildman–Crippen LogP) is 2.95. The maximum atomic E-state index is 12.8. The zero-order valence-electron chi connectivity index (χ0n) is 12.0. The molecule has 2 N–H and O–H groups in total. The highest BCUT2D eigenvalue weighted by Gasteiger charge is 2.04. The maximum Gasteiger partial charge on any atom is 0.220 e. The Morgan fingerprint density at radius 2 is 2.00 bits per heavy atom. The van der Waals surface area contributed by atoms with Gasteiger partial charge in [-0.25, -0.2) is 9.37 Å². The summed E-state index contributed by atoms with van der Waals surface area (Å²) in [6.45, 7) is 0.455. The van der Waals surface area contributed by atoms with Gasteiger partial charge in [-0.3, -0.25) is 4.79 Å². The Bertz CT molecular complexity index is 780. The van der Waals surface area contributed by atoms with Crippen molar-refractivity contribution in [3.63, 3.8) is 0 Å². The first-order valence-corrected chi connectivity index (χ1v) is 7.14. The van der Waals surface area contributed by atoms with E-state index < -0.39 is 0 Å². The van der Waals surface area contributed by atoms with E-state index in [-0.39, 0.29) is 11.7 Å². The number of nitrogens with zero attached hydrogens (tertiary/aromatic N) is 1. The summed E-state index contributed by atoms with van der Waals surface area (Å²) in [5.41, 5.74) is 2.75. The van der Waals surface area contributed by atoms with Gasteiger partial charge < -0.3 is 10.3 Å². The molecule has 2 aromatic heterocycles. The molecule has 0 fully saturated rings. The number of H-pyrrole nitrogens is 1. The second kappa shape index (κ2) is 6.39. The molecule has 22 heavy (non-hydrogen) atoms. The van der Waals surface area contributed by atoms with Crippen LogP contribution in [0.25, 0.3) is 11.0 Å². The summed E-state index contributed by atoms with van der Waals surface area (Å²) in [7, 11) is 0. The number of carbonyl (C=O) groups excluding carboxylic acids is 1. The van der Waals surface area contributed by atoms with Gasteiger partial charge in [0.25, 0.3) is 0 Å². The van der Waals surface area contributed by atoms with E-state index in [2.05, 4.69) is 15.3 Å². The third-order valence-corrected chi connectivity index (χ3v) is 3.50. The van der Waals surface area contributed by atoms with Crippen molar-refractivity contribution in [1.29, 1.82) is 0 Å². The molecule has 3 rings (SSSR count). The van der Waals surface area contributed by atoms with Crippen molar-refractivity contribution in [3.05, 3.63) is 65.7 Å². The first-order chi connectivity index (χ1) is 10.7. The molecule has 0 aliphatic rings. The van der Waals surface area contributed by atoms with E-state index in [1.165, 1.54) is 12.1 Å². The van der Waals surface area contributed by atoms with Gasteiger partial charge in [-0.1, -0.05) is 12.1 Å². The second-order valence-electron chi connectivity index (χ2n) is 5.16. The molecule has 4 nitrogen and oxygen atoms in total. The average Bonchev–Trinajstić information content (AvgIpc) is 3.00. The fourth-order valence-corrected chi connectivity index (χ4v) is 2.28. The summed E-state index contributed by atoms with van der Waals surface area (Å²) in [6, 6.07) is 10.2. The molecule has 0 radical (unpaired) electrons. The summed E-state index contributed by atoms with van der Waals surface area (Å²) in [4.78, 5) is 19.2. The summed E-state index contributed by atoms with van der Waals surface area (Å²) in [5, 5.41) is 3.90. The number of amides is 1. The highest BCUT2D eigenvalue weighted by molar-refractivity contribution is 5.77. The third kappa shape index (κ3) is 3.49. The first kappa shape index (κ1) is 14.3. The lowest BCUT2D eigenvalue weighted by atomic mass is 10.1. The van der Waals surface area contributed by atoms with Crippen LogP contribution in [0.4, 0.5) is 4.39 Å². The van der Waals surface area contributed by atoms with Crippen molar-refractivity contribution in [1.82, 2.24) is 15.3 Å². The van der Waals surface area contributed by atoms with Crippen molar-refractivity contribution in [2.24, 2.45) is 0 Å². The maximum absolute atomic E-state index is 12.8. The number of halogens is 1. The number of aromatic nitrogens is 2. The van der Waals surface area contributed by atoms with Crippen LogP contribution in [0.1, 0.15) is 17.5 Å². The highest BCUT2D eigenvalue weighted by atomic mass is 19.1. The third-order valence-electron chi connectivity index (χ3n) is 3.50. The minimum atomic E-state index is -0.263. The monoisotopic (exact) mass is 297 g/mol. The Balaban J connectivity index is 1.50. The Kier molecular flexibility index (Phi) is 4.14. The van der Waals surface area contributed by atoms with E-state index >= 15 is 0 Å². The predicted molar refractivity (Wildman–Crippen MR) is 82.7 cm³/mol. The quantitative estimate of drug-likeness (QED) is 0.760. The summed E-state index contributed by atoms with van der Waals surface area (Å²) < 4.78 is 12.8. The van der Waals surface area contributed by atoms with Crippen LogP contribution >= 0.6 is 0 Å². The summed E-state index contributed by atoms with van der Waals surface area (Å²) >= 11 is 0. The van der Waals surface area contributed by atoms with Crippen LogP contribution in [0.3, 0.4) is 0 Å². The van der Waals surface area contributed by atoms with Crippen LogP contribution in [0.5, 0.6) is 0 Å². The Morgan fingerprint density at radius 1 is 1.18 bits per heavy atom. The van der Waals surface area contributed by atoms with Crippen LogP contribution in [-0.2, 0) is 17.8 Å². The van der Waals surface area contributed by atoms with Crippen molar-refractivity contribution < 1.29 is 9.18 Å². The topological polar surface area (TPSA) is 57.8 Å². The smallest absolute Gasteiger partial charge is 0.220 e. The Hall–Kier alpha value is -2.69. The van der Waals surface area contributed by atoms with Crippen molar-refractivity contribution >= 4 is 16.9 Å². The molecule has 0 atom stereocenters. The molecule has 0 spiro atoms. The van der Waals surface area contributed by atoms with Crippen molar-refractivity contribution in [2.75, 3.05) is 0 Å². The number of nitrogens with one attached hydrogen (secondary N) is 2. The molecular formula is C17H16FN3O. The van der Waals surface area contributed by atoms with Crippen molar-refractivity contribution in [3.8, 4) is 0 Å². The molecule has 0 aliphatic heterocycles. The fraction of sp³-hybridized carbons (Fsp3) is 0.176. The molecule has 1 aromatic carbocycles. The molecular weight excluding hydrogens is 281 g/mol. The first-order valence-electron chi connectivity index (χ1n) is 7.14. The van der Waals surface area contributed by atoms with E-state index in [1.54, 1.807) is 18.3 Å². The zero-order chi connectivity index (χ0) is 15.4. The normalized spacial score (nSPS) is 10.8. The van der Waals surface area contributed by atoms with Gasteiger partial charge >= 0.3 is 0 Å². The lowest BCUT2D eigenvalue weighted by molar-refractivity contribution is -0.121. The van der Waals surface area contributed by atoms with E-state index in [0.717, 1.165) is 22.2 Å². The van der Waals surface area contributed by atoms with Gasteiger partial charge in [-0.2, -0.15) is 0 Å². The molecule has 0 aliphatic carbocycles. The number of benzene rings is 1. The van der Waals surface area contributed by atoms with Gasteiger partial charge in [0, 0.05) is 30.7 Å². The molecule has 1 amide bonds. The van der Waals surface area contributed by atoms with Crippen LogP contribution in [0.2, 0.25) is 0 Å². The van der Waals surface area contributed by atoms with Gasteiger partial charge in [-0.05, 0) is 41.8 Å². The standard InChI is InChI=1S/C17H16FN3O/c18-15-4-1-12(2-5-15)3-6-16(22)20-10-13-9-14-7-8-19-17(14)21-11-13/h1-2,4-5,7-9,11H,3,6,10H2,(H,19,21)(H,20,22). The van der Waals surface area contributed by atoms with Crippen LogP contribution in [0, 0.1) is 5.82 Å². The van der Waals surface area contributed by atoms with E-state index in [0.29, 0.717) is 19.4 Å². The van der Waals surface area contributed by atoms with E-state index in [9.17, 15) is 9.18 Å². The van der Waals surface area contributed by atoms with Crippen LogP contribution in [0.15, 0.2) is 48.8 Å². The number of aromatic amines is 1. The van der Waals surface area contributed by atoms with Gasteiger partial charge in [-0.15, -0.1) is 0 Å². The number of carbonyl (C=O) groups is 1.